The fourth-order valence-electron chi connectivity index (χ4n) is 2.62. The van der Waals surface area contributed by atoms with Crippen LogP contribution in [-0.4, -0.2) is 44.3 Å². The molecule has 0 bridgehead atoms. The molecule has 1 aromatic carbocycles. The lowest BCUT2D eigenvalue weighted by molar-refractivity contribution is 0.659. The van der Waals surface area contributed by atoms with Gasteiger partial charge in [-0.2, -0.15) is 15.3 Å². The molecule has 0 fully saturated rings. The maximum Gasteiger partial charge on any atom is 0.137 e. The molecule has 120 valence electrons. The zero-order valence-corrected chi connectivity index (χ0v) is 12.8. The molecule has 0 N–H and O–H groups in total. The second-order valence-corrected chi connectivity index (χ2v) is 5.44. The Bertz CT molecular complexity index is 747. The third-order valence-corrected chi connectivity index (χ3v) is 3.55. The van der Waals surface area contributed by atoms with E-state index in [1.807, 2.05) is 0 Å². The quantitative estimate of drug-likeness (QED) is 0.516. The van der Waals surface area contributed by atoms with E-state index in [9.17, 15) is 0 Å². The van der Waals surface area contributed by atoms with E-state index in [4.69, 9.17) is 0 Å². The normalized spacial score (nSPS) is 11.0. The molecule has 0 saturated heterocycles. The van der Waals surface area contributed by atoms with Crippen LogP contribution in [0.4, 0.5) is 0 Å². The Morgan fingerprint density at radius 2 is 0.875 bits per heavy atom. The van der Waals surface area contributed by atoms with E-state index in [-0.39, 0.29) is 0 Å². The maximum absolute atomic E-state index is 4.17. The van der Waals surface area contributed by atoms with E-state index in [0.717, 1.165) is 16.7 Å². The molecule has 0 saturated carbocycles. The summed E-state index contributed by atoms with van der Waals surface area (Å²) < 4.78 is 5.40. The van der Waals surface area contributed by atoms with Crippen LogP contribution in [0.2, 0.25) is 0 Å². The summed E-state index contributed by atoms with van der Waals surface area (Å²) in [5.41, 5.74) is 3.44. The van der Waals surface area contributed by atoms with Crippen LogP contribution in [0.3, 0.4) is 0 Å². The summed E-state index contributed by atoms with van der Waals surface area (Å²) in [5.74, 6) is 0. The van der Waals surface area contributed by atoms with Gasteiger partial charge in [-0.05, 0) is 16.7 Å². The second-order valence-electron chi connectivity index (χ2n) is 5.44. The van der Waals surface area contributed by atoms with Crippen molar-refractivity contribution in [3.8, 4) is 0 Å². The molecule has 3 heterocycles. The SMILES string of the molecule is c1ncn(Cc2cc(Cn3cncn3)cc(Cn3cncn3)c2)n1. The van der Waals surface area contributed by atoms with Crippen LogP contribution >= 0.6 is 0 Å². The van der Waals surface area contributed by atoms with E-state index < -0.39 is 0 Å². The molecule has 9 nitrogen and oxygen atoms in total. The van der Waals surface area contributed by atoms with Crippen LogP contribution in [-0.2, 0) is 19.6 Å². The topological polar surface area (TPSA) is 92.1 Å². The third kappa shape index (κ3) is 3.35. The Balaban J connectivity index is 1.63. The first-order chi connectivity index (χ1) is 11.8. The summed E-state index contributed by atoms with van der Waals surface area (Å²) in [6.07, 6.45) is 9.74. The van der Waals surface area contributed by atoms with E-state index in [1.54, 1.807) is 33.0 Å². The monoisotopic (exact) mass is 321 g/mol. The van der Waals surface area contributed by atoms with E-state index in [2.05, 4.69) is 48.4 Å². The standard InChI is InChI=1S/C15H15N9/c1-13(4-22-10-16-7-19-22)2-15(6-24-12-18-9-21-24)3-14(1)5-23-11-17-8-20-23/h1-3,7-12H,4-6H2. The molecule has 4 aromatic rings. The Morgan fingerprint density at radius 3 is 1.12 bits per heavy atom. The van der Waals surface area contributed by atoms with Crippen molar-refractivity contribution in [2.75, 3.05) is 0 Å². The molecule has 0 atom stereocenters. The highest BCUT2D eigenvalue weighted by atomic mass is 15.3. The molecule has 0 radical (unpaired) electrons. The number of benzene rings is 1. The molecule has 0 aliphatic carbocycles. The third-order valence-electron chi connectivity index (χ3n) is 3.55. The van der Waals surface area contributed by atoms with Gasteiger partial charge in [-0.25, -0.2) is 29.0 Å². The average molecular weight is 321 g/mol. The van der Waals surface area contributed by atoms with Gasteiger partial charge in [0.1, 0.15) is 38.0 Å². The van der Waals surface area contributed by atoms with Gasteiger partial charge in [0.05, 0.1) is 19.6 Å². The molecule has 0 amide bonds. The van der Waals surface area contributed by atoms with Crippen molar-refractivity contribution in [1.29, 1.82) is 0 Å². The fraction of sp³-hybridized carbons (Fsp3) is 0.200. The lowest BCUT2D eigenvalue weighted by Gasteiger charge is -2.10. The summed E-state index contributed by atoms with van der Waals surface area (Å²) in [6, 6.07) is 6.44. The minimum Gasteiger partial charge on any atom is -0.249 e. The zero-order valence-electron chi connectivity index (χ0n) is 12.8. The van der Waals surface area contributed by atoms with Crippen molar-refractivity contribution >= 4 is 0 Å². The summed E-state index contributed by atoms with van der Waals surface area (Å²) in [6.45, 7) is 1.99. The van der Waals surface area contributed by atoms with Gasteiger partial charge in [0.25, 0.3) is 0 Å². The van der Waals surface area contributed by atoms with Gasteiger partial charge in [0.15, 0.2) is 0 Å². The van der Waals surface area contributed by atoms with Gasteiger partial charge in [-0.1, -0.05) is 18.2 Å². The van der Waals surface area contributed by atoms with Crippen LogP contribution < -0.4 is 0 Å². The van der Waals surface area contributed by atoms with Crippen molar-refractivity contribution < 1.29 is 0 Å². The molecular weight excluding hydrogens is 306 g/mol. The highest BCUT2D eigenvalue weighted by molar-refractivity contribution is 5.30. The lowest BCUT2D eigenvalue weighted by atomic mass is 10.1. The molecule has 3 aromatic heterocycles. The van der Waals surface area contributed by atoms with Gasteiger partial charge >= 0.3 is 0 Å². The smallest absolute Gasteiger partial charge is 0.137 e. The molecule has 0 unspecified atom stereocenters. The largest absolute Gasteiger partial charge is 0.249 e. The van der Waals surface area contributed by atoms with Crippen LogP contribution in [0, 0.1) is 0 Å². The number of rotatable bonds is 6. The highest BCUT2D eigenvalue weighted by Crippen LogP contribution is 2.14. The van der Waals surface area contributed by atoms with E-state index in [0.29, 0.717) is 19.6 Å². The average Bonchev–Trinajstić information content (AvgIpc) is 3.30. The van der Waals surface area contributed by atoms with Crippen molar-refractivity contribution in [1.82, 2.24) is 44.3 Å². The number of hydrogen-bond donors (Lipinski definition) is 0. The predicted octanol–water partition coefficient (Wildman–Crippen LogP) is 0.606. The minimum absolute atomic E-state index is 0.662. The Hall–Kier alpha value is -3.36. The highest BCUT2D eigenvalue weighted by Gasteiger charge is 2.05. The van der Waals surface area contributed by atoms with Crippen molar-refractivity contribution in [2.24, 2.45) is 0 Å². The first-order valence-corrected chi connectivity index (χ1v) is 7.44. The number of aromatic nitrogens is 9. The molecule has 0 aliphatic rings. The summed E-state index contributed by atoms with van der Waals surface area (Å²) in [4.78, 5) is 12.0. The summed E-state index contributed by atoms with van der Waals surface area (Å²) in [7, 11) is 0. The van der Waals surface area contributed by atoms with E-state index in [1.165, 1.54) is 19.0 Å². The van der Waals surface area contributed by atoms with Crippen LogP contribution in [0.1, 0.15) is 16.7 Å². The molecule has 4 rings (SSSR count). The van der Waals surface area contributed by atoms with Crippen LogP contribution in [0.5, 0.6) is 0 Å². The van der Waals surface area contributed by atoms with Gasteiger partial charge in [0.2, 0.25) is 0 Å². The summed E-state index contributed by atoms with van der Waals surface area (Å²) in [5, 5.41) is 12.5. The van der Waals surface area contributed by atoms with Crippen molar-refractivity contribution in [3.63, 3.8) is 0 Å². The van der Waals surface area contributed by atoms with Gasteiger partial charge in [-0.15, -0.1) is 0 Å². The zero-order chi connectivity index (χ0) is 16.2. The molecule has 9 heteroatoms. The van der Waals surface area contributed by atoms with Crippen LogP contribution in [0.25, 0.3) is 0 Å². The Morgan fingerprint density at radius 1 is 0.542 bits per heavy atom. The van der Waals surface area contributed by atoms with Crippen molar-refractivity contribution in [2.45, 2.75) is 19.6 Å². The first-order valence-electron chi connectivity index (χ1n) is 7.44. The van der Waals surface area contributed by atoms with Gasteiger partial charge < -0.3 is 0 Å². The lowest BCUT2D eigenvalue weighted by Crippen LogP contribution is -2.07. The van der Waals surface area contributed by atoms with Gasteiger partial charge in [-0.3, -0.25) is 0 Å². The number of nitrogens with zero attached hydrogens (tertiary/aromatic N) is 9. The van der Waals surface area contributed by atoms with Gasteiger partial charge in [0, 0.05) is 0 Å². The summed E-state index contributed by atoms with van der Waals surface area (Å²) >= 11 is 0. The number of hydrogen-bond acceptors (Lipinski definition) is 6. The first kappa shape index (κ1) is 14.2. The van der Waals surface area contributed by atoms with Crippen LogP contribution in [0.15, 0.2) is 56.2 Å². The van der Waals surface area contributed by atoms with E-state index >= 15 is 0 Å². The molecule has 24 heavy (non-hydrogen) atoms. The van der Waals surface area contributed by atoms with Crippen molar-refractivity contribution in [3.05, 3.63) is 72.9 Å². The second kappa shape index (κ2) is 6.41. The minimum atomic E-state index is 0.662. The maximum atomic E-state index is 4.17. The predicted molar refractivity (Wildman–Crippen MR) is 83.8 cm³/mol. The Labute approximate surface area is 137 Å². The fourth-order valence-corrected chi connectivity index (χ4v) is 2.62. The Kier molecular flexibility index (Phi) is 3.80. The molecule has 0 spiro atoms. The molecule has 0 aliphatic heterocycles. The molecular formula is C15H15N9.